The highest BCUT2D eigenvalue weighted by molar-refractivity contribution is 6.02. The van der Waals surface area contributed by atoms with E-state index >= 15 is 0 Å². The van der Waals surface area contributed by atoms with Gasteiger partial charge < -0.3 is 32.3 Å². The van der Waals surface area contributed by atoms with Crippen LogP contribution in [0.25, 0.3) is 0 Å². The maximum absolute atomic E-state index is 12.5. The average Bonchev–Trinajstić information content (AvgIpc) is 2.77. The molecular formula is C21H21N7O6. The summed E-state index contributed by atoms with van der Waals surface area (Å²) in [7, 11) is 0. The van der Waals surface area contributed by atoms with Gasteiger partial charge in [-0.2, -0.15) is 4.98 Å². The van der Waals surface area contributed by atoms with Crippen molar-refractivity contribution in [1.82, 2.24) is 15.3 Å². The molecule has 3 aromatic rings. The highest BCUT2D eigenvalue weighted by atomic mass is 16.4. The Morgan fingerprint density at radius 1 is 1.00 bits per heavy atom. The highest BCUT2D eigenvalue weighted by Crippen LogP contribution is 2.14. The maximum Gasteiger partial charge on any atom is 0.326 e. The molecule has 0 spiro atoms. The van der Waals surface area contributed by atoms with E-state index in [0.717, 1.165) is 0 Å². The van der Waals surface area contributed by atoms with E-state index in [-0.39, 0.29) is 40.9 Å². The summed E-state index contributed by atoms with van der Waals surface area (Å²) in [6.45, 7) is 0. The molecule has 176 valence electrons. The van der Waals surface area contributed by atoms with Crippen molar-refractivity contribution in [2.75, 3.05) is 22.1 Å². The number of benzene rings is 2. The van der Waals surface area contributed by atoms with Gasteiger partial charge in [0.05, 0.1) is 0 Å². The first-order chi connectivity index (χ1) is 16.1. The van der Waals surface area contributed by atoms with Crippen LogP contribution in [0.2, 0.25) is 0 Å². The van der Waals surface area contributed by atoms with Crippen molar-refractivity contribution >= 4 is 41.0 Å². The third kappa shape index (κ3) is 6.00. The van der Waals surface area contributed by atoms with Crippen molar-refractivity contribution in [1.29, 1.82) is 0 Å². The highest BCUT2D eigenvalue weighted by Gasteiger charge is 2.21. The molecule has 13 nitrogen and oxygen atoms in total. The van der Waals surface area contributed by atoms with E-state index in [1.807, 2.05) is 0 Å². The summed E-state index contributed by atoms with van der Waals surface area (Å²) in [4.78, 5) is 53.9. The molecule has 1 atom stereocenters. The Labute approximate surface area is 191 Å². The molecular weight excluding hydrogens is 446 g/mol. The first kappa shape index (κ1) is 23.6. The lowest BCUT2D eigenvalue weighted by Crippen LogP contribution is -2.42. The molecule has 2 aromatic carbocycles. The second-order valence-corrected chi connectivity index (χ2v) is 7.10. The Balaban J connectivity index is 1.62. The number of rotatable bonds is 7. The SMILES string of the molecule is Nc1nc(N)c(NC(=O)Nc2ccc(C(=O)N[C@@H](Cc3ccc(O)cc3)C(=O)O)cc2)c(=O)[nH]1. The topological polar surface area (TPSA) is 226 Å². The molecule has 0 radical (unpaired) electrons. The standard InChI is InChI=1S/C21H21N7O6/c22-16-15(18(31)28-20(23)27-16)26-21(34)24-12-5-3-11(4-6-12)17(30)25-14(19(32)33)9-10-1-7-13(29)8-2-10/h1-8,14,29H,9H2,(H,25,30)(H,32,33)(H2,24,26,34)(H5,22,23,27,28,31)/t14-/m0/s1. The smallest absolute Gasteiger partial charge is 0.326 e. The number of aromatic hydroxyl groups is 1. The number of nitrogens with two attached hydrogens (primary N) is 2. The first-order valence-corrected chi connectivity index (χ1v) is 9.77. The van der Waals surface area contributed by atoms with E-state index in [0.29, 0.717) is 5.56 Å². The second-order valence-electron chi connectivity index (χ2n) is 7.10. The fourth-order valence-corrected chi connectivity index (χ4v) is 2.92. The number of aromatic amines is 1. The summed E-state index contributed by atoms with van der Waals surface area (Å²) in [5.74, 6) is -2.26. The number of hydrogen-bond donors (Lipinski definition) is 8. The van der Waals surface area contributed by atoms with Crippen LogP contribution in [0.4, 0.5) is 27.9 Å². The van der Waals surface area contributed by atoms with Gasteiger partial charge in [0.25, 0.3) is 11.5 Å². The number of nitrogen functional groups attached to an aromatic ring is 2. The molecule has 0 unspecified atom stereocenters. The Morgan fingerprint density at radius 3 is 2.24 bits per heavy atom. The lowest BCUT2D eigenvalue weighted by atomic mass is 10.1. The van der Waals surface area contributed by atoms with Gasteiger partial charge in [-0.05, 0) is 42.0 Å². The normalized spacial score (nSPS) is 11.3. The van der Waals surface area contributed by atoms with Gasteiger partial charge in [-0.25, -0.2) is 9.59 Å². The average molecular weight is 467 g/mol. The summed E-state index contributed by atoms with van der Waals surface area (Å²) < 4.78 is 0. The number of hydrogen-bond acceptors (Lipinski definition) is 8. The van der Waals surface area contributed by atoms with Gasteiger partial charge in [0.1, 0.15) is 11.8 Å². The van der Waals surface area contributed by atoms with E-state index in [2.05, 4.69) is 25.9 Å². The zero-order chi connectivity index (χ0) is 24.8. The number of anilines is 4. The Hall–Kier alpha value is -5.07. The number of carbonyl (C=O) groups is 3. The predicted molar refractivity (Wildman–Crippen MR) is 123 cm³/mol. The fourth-order valence-electron chi connectivity index (χ4n) is 2.92. The van der Waals surface area contributed by atoms with E-state index in [4.69, 9.17) is 11.5 Å². The molecule has 0 aliphatic heterocycles. The predicted octanol–water partition coefficient (Wildman–Crippen LogP) is 0.710. The number of nitrogens with one attached hydrogen (secondary N) is 4. The maximum atomic E-state index is 12.5. The van der Waals surface area contributed by atoms with Crippen molar-refractivity contribution in [3.8, 4) is 5.75 Å². The number of aromatic nitrogens is 2. The van der Waals surface area contributed by atoms with Crippen molar-refractivity contribution in [3.63, 3.8) is 0 Å². The Bertz CT molecular complexity index is 1270. The number of phenols is 1. The minimum atomic E-state index is -1.22. The summed E-state index contributed by atoms with van der Waals surface area (Å²) in [6.07, 6.45) is 0.0173. The molecule has 0 fully saturated rings. The van der Waals surface area contributed by atoms with E-state index in [1.54, 1.807) is 12.1 Å². The molecule has 3 rings (SSSR count). The van der Waals surface area contributed by atoms with Crippen LogP contribution in [0.15, 0.2) is 53.3 Å². The van der Waals surface area contributed by atoms with Gasteiger partial charge in [0.2, 0.25) is 5.95 Å². The number of carboxylic acid groups (broad SMARTS) is 1. The number of carboxylic acids is 1. The van der Waals surface area contributed by atoms with Gasteiger partial charge in [-0.15, -0.1) is 0 Å². The summed E-state index contributed by atoms with van der Waals surface area (Å²) >= 11 is 0. The number of H-pyrrole nitrogens is 1. The molecule has 0 saturated carbocycles. The Morgan fingerprint density at radius 2 is 1.65 bits per heavy atom. The van der Waals surface area contributed by atoms with Gasteiger partial charge in [0.15, 0.2) is 11.5 Å². The summed E-state index contributed by atoms with van der Waals surface area (Å²) in [5, 5.41) is 25.9. The Kier molecular flexibility index (Phi) is 6.96. The van der Waals surface area contributed by atoms with Crippen LogP contribution in [0.3, 0.4) is 0 Å². The third-order valence-electron chi connectivity index (χ3n) is 4.59. The molecule has 0 bridgehead atoms. The summed E-state index contributed by atoms with van der Waals surface area (Å²) in [5.41, 5.74) is 11.0. The lowest BCUT2D eigenvalue weighted by Gasteiger charge is -2.15. The number of amides is 3. The number of phenolic OH excluding ortho intramolecular Hbond substituents is 1. The van der Waals surface area contributed by atoms with Crippen molar-refractivity contribution in [3.05, 3.63) is 70.0 Å². The van der Waals surface area contributed by atoms with Gasteiger partial charge in [-0.3, -0.25) is 19.9 Å². The molecule has 0 aliphatic carbocycles. The minimum absolute atomic E-state index is 0.0173. The molecule has 10 N–H and O–H groups in total. The molecule has 34 heavy (non-hydrogen) atoms. The van der Waals surface area contributed by atoms with Crippen LogP contribution >= 0.6 is 0 Å². The van der Waals surface area contributed by atoms with E-state index in [1.165, 1.54) is 36.4 Å². The monoisotopic (exact) mass is 467 g/mol. The van der Waals surface area contributed by atoms with Crippen LogP contribution in [0.1, 0.15) is 15.9 Å². The fraction of sp³-hybridized carbons (Fsp3) is 0.0952. The van der Waals surface area contributed by atoms with Gasteiger partial charge in [0, 0.05) is 17.7 Å². The largest absolute Gasteiger partial charge is 0.508 e. The third-order valence-corrected chi connectivity index (χ3v) is 4.59. The summed E-state index contributed by atoms with van der Waals surface area (Å²) in [6, 6.07) is 9.58. The molecule has 0 aliphatic rings. The molecule has 1 aromatic heterocycles. The van der Waals surface area contributed by atoms with Crippen molar-refractivity contribution in [2.24, 2.45) is 0 Å². The number of aliphatic carboxylic acids is 1. The zero-order valence-corrected chi connectivity index (χ0v) is 17.5. The van der Waals surface area contributed by atoms with Crippen LogP contribution in [0, 0.1) is 0 Å². The van der Waals surface area contributed by atoms with Crippen LogP contribution in [-0.2, 0) is 11.2 Å². The number of carbonyl (C=O) groups excluding carboxylic acids is 2. The van der Waals surface area contributed by atoms with E-state index in [9.17, 15) is 29.4 Å². The molecule has 0 saturated heterocycles. The van der Waals surface area contributed by atoms with Crippen LogP contribution in [0.5, 0.6) is 5.75 Å². The number of urea groups is 1. The van der Waals surface area contributed by atoms with E-state index < -0.39 is 29.5 Å². The van der Waals surface area contributed by atoms with Crippen molar-refractivity contribution in [2.45, 2.75) is 12.5 Å². The second kappa shape index (κ2) is 10.0. The molecule has 3 amide bonds. The zero-order valence-electron chi connectivity index (χ0n) is 17.5. The first-order valence-electron chi connectivity index (χ1n) is 9.77. The number of nitrogens with zero attached hydrogens (tertiary/aromatic N) is 1. The van der Waals surface area contributed by atoms with Crippen molar-refractivity contribution < 1.29 is 24.6 Å². The molecule has 1 heterocycles. The lowest BCUT2D eigenvalue weighted by molar-refractivity contribution is -0.139. The van der Waals surface area contributed by atoms with Gasteiger partial charge >= 0.3 is 12.0 Å². The molecule has 13 heteroatoms. The van der Waals surface area contributed by atoms with Crippen LogP contribution < -0.4 is 33.0 Å². The van der Waals surface area contributed by atoms with Gasteiger partial charge in [-0.1, -0.05) is 12.1 Å². The van der Waals surface area contributed by atoms with Crippen LogP contribution in [-0.4, -0.2) is 44.1 Å². The minimum Gasteiger partial charge on any atom is -0.508 e. The quantitative estimate of drug-likeness (QED) is 0.244.